The predicted octanol–water partition coefficient (Wildman–Crippen LogP) is 2.34. The molecule has 0 fully saturated rings. The Morgan fingerprint density at radius 2 is 1.82 bits per heavy atom. The third kappa shape index (κ3) is 2.38. The summed E-state index contributed by atoms with van der Waals surface area (Å²) in [5, 5.41) is 17.6. The van der Waals surface area contributed by atoms with Gasteiger partial charge in [0.15, 0.2) is 0 Å². The van der Waals surface area contributed by atoms with Gasteiger partial charge in [0.05, 0.1) is 11.6 Å². The van der Waals surface area contributed by atoms with Gasteiger partial charge in [-0.05, 0) is 19.2 Å². The molecule has 0 heterocycles. The summed E-state index contributed by atoms with van der Waals surface area (Å²) in [5.41, 5.74) is 1.80. The molecule has 2 aromatic rings. The summed E-state index contributed by atoms with van der Waals surface area (Å²) in [7, 11) is 1.93. The number of anilines is 1. The summed E-state index contributed by atoms with van der Waals surface area (Å²) < 4.78 is 0. The lowest BCUT2D eigenvalue weighted by Crippen LogP contribution is -2.17. The van der Waals surface area contributed by atoms with Crippen molar-refractivity contribution in [1.29, 1.82) is 5.26 Å². The second-order valence-electron chi connectivity index (χ2n) is 3.85. The lowest BCUT2D eigenvalue weighted by atomic mass is 10.0. The van der Waals surface area contributed by atoms with Crippen LogP contribution < -0.4 is 10.6 Å². The van der Waals surface area contributed by atoms with Gasteiger partial charge >= 0.3 is 0 Å². The summed E-state index contributed by atoms with van der Waals surface area (Å²) in [4.78, 5) is 0. The fourth-order valence-corrected chi connectivity index (χ4v) is 1.87. The largest absolute Gasteiger partial charge is 0.383 e. The van der Waals surface area contributed by atoms with Crippen LogP contribution in [0, 0.1) is 11.3 Å². The Bertz CT molecular complexity index is 555. The van der Waals surface area contributed by atoms with Crippen molar-refractivity contribution in [2.75, 3.05) is 25.5 Å². The number of hydrogen-bond acceptors (Lipinski definition) is 3. The number of benzene rings is 2. The molecule has 2 N–H and O–H groups in total. The maximum atomic E-state index is 9.06. The Kier molecular flexibility index (Phi) is 3.59. The number of rotatable bonds is 4. The summed E-state index contributed by atoms with van der Waals surface area (Å²) in [6, 6.07) is 14.0. The van der Waals surface area contributed by atoms with E-state index in [0.29, 0.717) is 0 Å². The standard InChI is InChI=1S/C14H15N3/c1-16-8-9-17-14-7-6-11(10-15)12-4-2-3-5-13(12)14/h2-7,16-17H,8-9H2,1H3. The lowest BCUT2D eigenvalue weighted by molar-refractivity contribution is 0.824. The Morgan fingerprint density at radius 1 is 1.06 bits per heavy atom. The van der Waals surface area contributed by atoms with Gasteiger partial charge in [-0.3, -0.25) is 0 Å². The van der Waals surface area contributed by atoms with Crippen LogP contribution in [-0.2, 0) is 0 Å². The Labute approximate surface area is 101 Å². The maximum absolute atomic E-state index is 9.06. The van der Waals surface area contributed by atoms with Crippen molar-refractivity contribution in [3.05, 3.63) is 42.0 Å². The smallest absolute Gasteiger partial charge is 0.0998 e. The quantitative estimate of drug-likeness (QED) is 0.785. The van der Waals surface area contributed by atoms with Gasteiger partial charge < -0.3 is 10.6 Å². The van der Waals surface area contributed by atoms with E-state index in [1.165, 1.54) is 0 Å². The zero-order valence-corrected chi connectivity index (χ0v) is 9.83. The molecule has 0 spiro atoms. The fourth-order valence-electron chi connectivity index (χ4n) is 1.87. The minimum atomic E-state index is 0.722. The molecule has 0 atom stereocenters. The van der Waals surface area contributed by atoms with Crippen molar-refractivity contribution in [1.82, 2.24) is 5.32 Å². The van der Waals surface area contributed by atoms with Crippen LogP contribution in [0.3, 0.4) is 0 Å². The van der Waals surface area contributed by atoms with Crippen molar-refractivity contribution in [2.45, 2.75) is 0 Å². The minimum absolute atomic E-state index is 0.722. The second kappa shape index (κ2) is 5.33. The van der Waals surface area contributed by atoms with Gasteiger partial charge in [0.1, 0.15) is 0 Å². The lowest BCUT2D eigenvalue weighted by Gasteiger charge is -2.10. The van der Waals surface area contributed by atoms with Gasteiger partial charge in [-0.1, -0.05) is 24.3 Å². The summed E-state index contributed by atoms with van der Waals surface area (Å²) in [5.74, 6) is 0. The van der Waals surface area contributed by atoms with Crippen LogP contribution >= 0.6 is 0 Å². The Morgan fingerprint density at radius 3 is 2.53 bits per heavy atom. The molecule has 0 aliphatic rings. The molecule has 0 amide bonds. The van der Waals surface area contributed by atoms with Crippen LogP contribution in [0.15, 0.2) is 36.4 Å². The van der Waals surface area contributed by atoms with Gasteiger partial charge in [-0.15, -0.1) is 0 Å². The normalized spacial score (nSPS) is 10.1. The van der Waals surface area contributed by atoms with Crippen molar-refractivity contribution < 1.29 is 0 Å². The maximum Gasteiger partial charge on any atom is 0.0998 e. The van der Waals surface area contributed by atoms with Crippen LogP contribution in [0.1, 0.15) is 5.56 Å². The molecule has 2 rings (SSSR count). The first-order valence-corrected chi connectivity index (χ1v) is 5.67. The summed E-state index contributed by atoms with van der Waals surface area (Å²) in [6.07, 6.45) is 0. The molecular weight excluding hydrogens is 210 g/mol. The van der Waals surface area contributed by atoms with Crippen molar-refractivity contribution >= 4 is 16.5 Å². The number of nitriles is 1. The van der Waals surface area contributed by atoms with Crippen molar-refractivity contribution in [3.63, 3.8) is 0 Å². The van der Waals surface area contributed by atoms with Crippen LogP contribution in [0.5, 0.6) is 0 Å². The highest BCUT2D eigenvalue weighted by molar-refractivity contribution is 5.97. The van der Waals surface area contributed by atoms with E-state index in [-0.39, 0.29) is 0 Å². The molecule has 3 nitrogen and oxygen atoms in total. The van der Waals surface area contributed by atoms with E-state index in [4.69, 9.17) is 5.26 Å². The molecule has 0 aromatic heterocycles. The number of nitrogens with one attached hydrogen (secondary N) is 2. The van der Waals surface area contributed by atoms with E-state index in [9.17, 15) is 0 Å². The van der Waals surface area contributed by atoms with Gasteiger partial charge in [0, 0.05) is 29.5 Å². The first-order chi connectivity index (χ1) is 8.36. The molecule has 3 heteroatoms. The molecule has 0 aliphatic carbocycles. The van der Waals surface area contributed by atoms with Crippen molar-refractivity contribution in [2.24, 2.45) is 0 Å². The Balaban J connectivity index is 2.41. The van der Waals surface area contributed by atoms with E-state index in [0.717, 1.165) is 35.1 Å². The second-order valence-corrected chi connectivity index (χ2v) is 3.85. The van der Waals surface area contributed by atoms with Crippen LogP contribution in [0.25, 0.3) is 10.8 Å². The van der Waals surface area contributed by atoms with Crippen LogP contribution in [0.4, 0.5) is 5.69 Å². The SMILES string of the molecule is CNCCNc1ccc(C#N)c2ccccc12. The first kappa shape index (κ1) is 11.4. The number of likely N-dealkylation sites (N-methyl/N-ethyl adjacent to an activating group) is 1. The van der Waals surface area contributed by atoms with Gasteiger partial charge in [0.2, 0.25) is 0 Å². The average Bonchev–Trinajstić information content (AvgIpc) is 2.39. The van der Waals surface area contributed by atoms with E-state index < -0.39 is 0 Å². The van der Waals surface area contributed by atoms with E-state index >= 15 is 0 Å². The summed E-state index contributed by atoms with van der Waals surface area (Å²) >= 11 is 0. The first-order valence-electron chi connectivity index (χ1n) is 5.67. The van der Waals surface area contributed by atoms with Crippen LogP contribution in [0.2, 0.25) is 0 Å². The molecule has 86 valence electrons. The van der Waals surface area contributed by atoms with Gasteiger partial charge in [-0.2, -0.15) is 5.26 Å². The minimum Gasteiger partial charge on any atom is -0.383 e. The third-order valence-corrected chi connectivity index (χ3v) is 2.73. The molecule has 0 unspecified atom stereocenters. The monoisotopic (exact) mass is 225 g/mol. The van der Waals surface area contributed by atoms with Crippen molar-refractivity contribution in [3.8, 4) is 6.07 Å². The Hall–Kier alpha value is -2.05. The van der Waals surface area contributed by atoms with E-state index in [2.05, 4.69) is 16.7 Å². The average molecular weight is 225 g/mol. The zero-order valence-electron chi connectivity index (χ0n) is 9.83. The van der Waals surface area contributed by atoms with E-state index in [1.54, 1.807) is 0 Å². The van der Waals surface area contributed by atoms with Gasteiger partial charge in [-0.25, -0.2) is 0 Å². The third-order valence-electron chi connectivity index (χ3n) is 2.73. The highest BCUT2D eigenvalue weighted by atomic mass is 14.9. The molecule has 0 bridgehead atoms. The molecule has 0 aliphatic heterocycles. The topological polar surface area (TPSA) is 47.8 Å². The number of fused-ring (bicyclic) bond motifs is 1. The van der Waals surface area contributed by atoms with E-state index in [1.807, 2.05) is 43.4 Å². The highest BCUT2D eigenvalue weighted by Crippen LogP contribution is 2.25. The zero-order chi connectivity index (χ0) is 12.1. The molecule has 0 saturated heterocycles. The highest BCUT2D eigenvalue weighted by Gasteiger charge is 2.04. The molecular formula is C14H15N3. The predicted molar refractivity (Wildman–Crippen MR) is 71.1 cm³/mol. The molecule has 0 saturated carbocycles. The number of nitrogens with zero attached hydrogens (tertiary/aromatic N) is 1. The number of hydrogen-bond donors (Lipinski definition) is 2. The molecule has 17 heavy (non-hydrogen) atoms. The van der Waals surface area contributed by atoms with Crippen LogP contribution in [-0.4, -0.2) is 20.1 Å². The molecule has 2 aromatic carbocycles. The fraction of sp³-hybridized carbons (Fsp3) is 0.214. The summed E-state index contributed by atoms with van der Waals surface area (Å²) in [6.45, 7) is 1.78. The van der Waals surface area contributed by atoms with Gasteiger partial charge in [0.25, 0.3) is 0 Å². The molecule has 0 radical (unpaired) electrons.